The summed E-state index contributed by atoms with van der Waals surface area (Å²) < 4.78 is 38.5. The van der Waals surface area contributed by atoms with E-state index in [-0.39, 0.29) is 16.3 Å². The van der Waals surface area contributed by atoms with Gasteiger partial charge in [-0.15, -0.1) is 0 Å². The fourth-order valence-corrected chi connectivity index (χ4v) is 2.98. The number of aryl methyl sites for hydroxylation is 1. The maximum Gasteiger partial charge on any atom is 0.259 e. The van der Waals surface area contributed by atoms with Crippen molar-refractivity contribution in [1.82, 2.24) is 0 Å². The molecule has 0 aliphatic rings. The first kappa shape index (κ1) is 19.2. The fourth-order valence-electron chi connectivity index (χ4n) is 2.74. The van der Waals surface area contributed by atoms with Crippen molar-refractivity contribution in [2.45, 2.75) is 26.7 Å². The Labute approximate surface area is 160 Å². The third-order valence-corrected chi connectivity index (χ3v) is 4.37. The van der Waals surface area contributed by atoms with Crippen LogP contribution in [-0.2, 0) is 0 Å². The normalized spacial score (nSPS) is 11.0. The predicted octanol–water partition coefficient (Wildman–Crippen LogP) is 6.10. The number of carbonyl (C=O) groups excluding carboxylic acids is 1. The van der Waals surface area contributed by atoms with Gasteiger partial charge in [-0.05, 0) is 37.6 Å². The molecule has 3 rings (SSSR count). The second kappa shape index (κ2) is 7.96. The third kappa shape index (κ3) is 4.06. The molecule has 1 amide bonds. The highest BCUT2D eigenvalue weighted by Crippen LogP contribution is 2.32. The molecular weight excluding hydrogens is 376 g/mol. The summed E-state index contributed by atoms with van der Waals surface area (Å²) in [4.78, 5) is 12.7. The number of halogens is 3. The number of fused-ring (bicyclic) bond motifs is 1. The predicted molar refractivity (Wildman–Crippen MR) is 101 cm³/mol. The van der Waals surface area contributed by atoms with Gasteiger partial charge in [0.1, 0.15) is 22.9 Å². The summed E-state index contributed by atoms with van der Waals surface area (Å²) in [6.07, 6.45) is 1.92. The Hall–Kier alpha value is -2.60. The zero-order valence-electron chi connectivity index (χ0n) is 14.9. The second-order valence-electron chi connectivity index (χ2n) is 6.09. The highest BCUT2D eigenvalue weighted by Gasteiger charge is 2.21. The maximum absolute atomic E-state index is 14.0. The molecule has 0 aliphatic carbocycles. The molecule has 27 heavy (non-hydrogen) atoms. The van der Waals surface area contributed by atoms with E-state index in [0.717, 1.165) is 18.9 Å². The highest BCUT2D eigenvalue weighted by atomic mass is 35.5. The van der Waals surface area contributed by atoms with Crippen LogP contribution in [0.15, 0.2) is 34.7 Å². The summed E-state index contributed by atoms with van der Waals surface area (Å²) in [5.74, 6) is -1.41. The van der Waals surface area contributed by atoms with Crippen molar-refractivity contribution >= 4 is 34.2 Å². The number of furan rings is 1. The van der Waals surface area contributed by atoms with Crippen LogP contribution in [0.1, 0.15) is 35.9 Å². The average molecular weight is 394 g/mol. The van der Waals surface area contributed by atoms with E-state index in [1.54, 1.807) is 25.1 Å². The SMILES string of the molecule is CCCCOc1ccc2oc(C)c(C(=O)Nc3c(F)cc(F)cc3Cl)c2c1. The number of benzene rings is 2. The lowest BCUT2D eigenvalue weighted by molar-refractivity contribution is 0.102. The van der Waals surface area contributed by atoms with Crippen LogP contribution in [0.3, 0.4) is 0 Å². The van der Waals surface area contributed by atoms with Gasteiger partial charge in [0.25, 0.3) is 5.91 Å². The average Bonchev–Trinajstić information content (AvgIpc) is 2.93. The Bertz CT molecular complexity index is 977. The molecule has 142 valence electrons. The lowest BCUT2D eigenvalue weighted by Crippen LogP contribution is -2.14. The van der Waals surface area contributed by atoms with Crippen LogP contribution >= 0.6 is 11.6 Å². The van der Waals surface area contributed by atoms with E-state index in [1.807, 2.05) is 0 Å². The Morgan fingerprint density at radius 1 is 1.26 bits per heavy atom. The number of carbonyl (C=O) groups is 1. The molecule has 1 N–H and O–H groups in total. The van der Waals surface area contributed by atoms with Gasteiger partial charge in [-0.3, -0.25) is 4.79 Å². The van der Waals surface area contributed by atoms with E-state index in [1.165, 1.54) is 0 Å². The first-order chi connectivity index (χ1) is 12.9. The number of rotatable bonds is 6. The molecule has 4 nitrogen and oxygen atoms in total. The van der Waals surface area contributed by atoms with Crippen molar-refractivity contribution in [1.29, 1.82) is 0 Å². The summed E-state index contributed by atoms with van der Waals surface area (Å²) in [6.45, 7) is 4.26. The smallest absolute Gasteiger partial charge is 0.259 e. The van der Waals surface area contributed by atoms with E-state index < -0.39 is 17.5 Å². The zero-order valence-corrected chi connectivity index (χ0v) is 15.6. The van der Waals surface area contributed by atoms with Gasteiger partial charge in [-0.25, -0.2) is 8.78 Å². The molecule has 7 heteroatoms. The van der Waals surface area contributed by atoms with Crippen LogP contribution in [0.4, 0.5) is 14.5 Å². The van der Waals surface area contributed by atoms with Gasteiger partial charge in [-0.1, -0.05) is 24.9 Å². The number of nitrogens with one attached hydrogen (secondary N) is 1. The van der Waals surface area contributed by atoms with Gasteiger partial charge in [0.15, 0.2) is 5.82 Å². The summed E-state index contributed by atoms with van der Waals surface area (Å²) in [7, 11) is 0. The monoisotopic (exact) mass is 393 g/mol. The van der Waals surface area contributed by atoms with Gasteiger partial charge in [0, 0.05) is 11.5 Å². The van der Waals surface area contributed by atoms with Gasteiger partial charge >= 0.3 is 0 Å². The van der Waals surface area contributed by atoms with E-state index >= 15 is 0 Å². The Morgan fingerprint density at radius 2 is 2.04 bits per heavy atom. The van der Waals surface area contributed by atoms with Crippen molar-refractivity contribution in [3.63, 3.8) is 0 Å². The third-order valence-electron chi connectivity index (χ3n) is 4.07. The lowest BCUT2D eigenvalue weighted by atomic mass is 10.1. The molecule has 0 aliphatic heterocycles. The van der Waals surface area contributed by atoms with Gasteiger partial charge in [-0.2, -0.15) is 0 Å². The molecule has 0 unspecified atom stereocenters. The molecule has 1 heterocycles. The topological polar surface area (TPSA) is 51.5 Å². The number of anilines is 1. The van der Waals surface area contributed by atoms with Crippen LogP contribution in [0.25, 0.3) is 11.0 Å². The first-order valence-corrected chi connectivity index (χ1v) is 8.90. The molecule has 3 aromatic rings. The minimum Gasteiger partial charge on any atom is -0.494 e. The second-order valence-corrected chi connectivity index (χ2v) is 6.50. The number of ether oxygens (including phenoxy) is 1. The molecule has 0 bridgehead atoms. The molecule has 0 fully saturated rings. The molecule has 0 saturated carbocycles. The number of amides is 1. The minimum atomic E-state index is -0.956. The van der Waals surface area contributed by atoms with Crippen LogP contribution in [0.2, 0.25) is 5.02 Å². The van der Waals surface area contributed by atoms with Gasteiger partial charge < -0.3 is 14.5 Å². The molecule has 0 saturated heterocycles. The number of hydrogen-bond acceptors (Lipinski definition) is 3. The van der Waals surface area contributed by atoms with E-state index in [2.05, 4.69) is 12.2 Å². The molecular formula is C20H18ClF2NO3. The molecule has 1 aromatic heterocycles. The van der Waals surface area contributed by atoms with Gasteiger partial charge in [0.05, 0.1) is 22.9 Å². The fraction of sp³-hybridized carbons (Fsp3) is 0.250. The van der Waals surface area contributed by atoms with Crippen molar-refractivity contribution in [2.75, 3.05) is 11.9 Å². The van der Waals surface area contributed by atoms with E-state index in [9.17, 15) is 13.6 Å². The van der Waals surface area contributed by atoms with Crippen LogP contribution in [0, 0.1) is 18.6 Å². The van der Waals surface area contributed by atoms with Crippen molar-refractivity contribution in [2.24, 2.45) is 0 Å². The first-order valence-electron chi connectivity index (χ1n) is 8.52. The van der Waals surface area contributed by atoms with Crippen LogP contribution < -0.4 is 10.1 Å². The lowest BCUT2D eigenvalue weighted by Gasteiger charge is -2.09. The van der Waals surface area contributed by atoms with E-state index in [0.29, 0.717) is 35.2 Å². The largest absolute Gasteiger partial charge is 0.494 e. The maximum atomic E-state index is 14.0. The minimum absolute atomic E-state index is 0.227. The number of hydrogen-bond donors (Lipinski definition) is 1. The summed E-state index contributed by atoms with van der Waals surface area (Å²) in [6, 6.07) is 6.77. The zero-order chi connectivity index (χ0) is 19.6. The quantitative estimate of drug-likeness (QED) is 0.514. The van der Waals surface area contributed by atoms with Crippen LogP contribution in [-0.4, -0.2) is 12.5 Å². The number of unbranched alkanes of at least 4 members (excludes halogenated alkanes) is 1. The Kier molecular flexibility index (Phi) is 5.65. The van der Waals surface area contributed by atoms with Crippen LogP contribution in [0.5, 0.6) is 5.75 Å². The van der Waals surface area contributed by atoms with Gasteiger partial charge in [0.2, 0.25) is 0 Å². The Morgan fingerprint density at radius 3 is 2.74 bits per heavy atom. The summed E-state index contributed by atoms with van der Waals surface area (Å²) >= 11 is 5.86. The Balaban J connectivity index is 1.94. The molecule has 0 spiro atoms. The standard InChI is InChI=1S/C20H18ClF2NO3/c1-3-4-7-26-13-5-6-17-14(10-13)18(11(2)27-17)20(25)24-19-15(21)8-12(22)9-16(19)23/h5-6,8-10H,3-4,7H2,1-2H3,(H,24,25). The molecule has 2 aromatic carbocycles. The highest BCUT2D eigenvalue weighted by molar-refractivity contribution is 6.34. The van der Waals surface area contributed by atoms with Crippen molar-refractivity contribution < 1.29 is 22.7 Å². The summed E-state index contributed by atoms with van der Waals surface area (Å²) in [5.41, 5.74) is 0.462. The molecule has 0 atom stereocenters. The summed E-state index contributed by atoms with van der Waals surface area (Å²) in [5, 5.41) is 2.71. The van der Waals surface area contributed by atoms with Crippen molar-refractivity contribution in [3.05, 3.63) is 58.3 Å². The van der Waals surface area contributed by atoms with E-state index in [4.69, 9.17) is 20.8 Å². The molecule has 0 radical (unpaired) electrons. The van der Waals surface area contributed by atoms with Crippen molar-refractivity contribution in [3.8, 4) is 5.75 Å².